The molecule has 28 heavy (non-hydrogen) atoms. The molecular weight excluding hydrogens is 396 g/mol. The number of likely N-dealkylation sites (tertiary alicyclic amines) is 1. The zero-order valence-corrected chi connectivity index (χ0v) is 17.7. The second-order valence-corrected chi connectivity index (χ2v) is 9.49. The SMILES string of the molecule is CCC1CCCN(C(=O)c2cc(S(=O)(=O)N(C)c3ccccc3)ccc2Cl)C1. The molecule has 0 N–H and O–H groups in total. The first-order chi connectivity index (χ1) is 13.3. The quantitative estimate of drug-likeness (QED) is 0.719. The van der Waals surface area contributed by atoms with Gasteiger partial charge in [0.1, 0.15) is 0 Å². The van der Waals surface area contributed by atoms with Crippen molar-refractivity contribution < 1.29 is 13.2 Å². The molecule has 1 amide bonds. The molecule has 1 fully saturated rings. The molecular formula is C21H25ClN2O3S. The maximum Gasteiger partial charge on any atom is 0.264 e. The zero-order valence-electron chi connectivity index (χ0n) is 16.1. The van der Waals surface area contributed by atoms with E-state index in [1.165, 1.54) is 29.6 Å². The summed E-state index contributed by atoms with van der Waals surface area (Å²) in [5, 5.41) is 0.268. The van der Waals surface area contributed by atoms with Crippen LogP contribution in [0.5, 0.6) is 0 Å². The van der Waals surface area contributed by atoms with Gasteiger partial charge in [0.15, 0.2) is 0 Å². The van der Waals surface area contributed by atoms with Gasteiger partial charge in [0.05, 0.1) is 21.2 Å². The predicted octanol–water partition coefficient (Wildman–Crippen LogP) is 4.43. The third-order valence-electron chi connectivity index (χ3n) is 5.33. The van der Waals surface area contributed by atoms with Crippen molar-refractivity contribution in [1.29, 1.82) is 0 Å². The first-order valence-corrected chi connectivity index (χ1v) is 11.3. The van der Waals surface area contributed by atoms with Crippen LogP contribution in [0.4, 0.5) is 5.69 Å². The van der Waals surface area contributed by atoms with Crippen LogP contribution < -0.4 is 4.31 Å². The van der Waals surface area contributed by atoms with Gasteiger partial charge in [-0.1, -0.05) is 43.1 Å². The number of hydrogen-bond donors (Lipinski definition) is 0. The Morgan fingerprint density at radius 1 is 1.21 bits per heavy atom. The summed E-state index contributed by atoms with van der Waals surface area (Å²) in [5.74, 6) is 0.273. The van der Waals surface area contributed by atoms with Crippen LogP contribution in [0, 0.1) is 5.92 Å². The van der Waals surface area contributed by atoms with Crippen LogP contribution in [-0.2, 0) is 10.0 Å². The molecule has 2 aromatic carbocycles. The Morgan fingerprint density at radius 2 is 1.93 bits per heavy atom. The number of anilines is 1. The lowest BCUT2D eigenvalue weighted by Gasteiger charge is -2.32. The van der Waals surface area contributed by atoms with E-state index in [1.54, 1.807) is 29.2 Å². The Bertz CT molecular complexity index is 947. The second kappa shape index (κ2) is 8.53. The van der Waals surface area contributed by atoms with E-state index in [-0.39, 0.29) is 21.4 Å². The highest BCUT2D eigenvalue weighted by Gasteiger charge is 2.28. The Hall–Kier alpha value is -2.05. The smallest absolute Gasteiger partial charge is 0.264 e. The zero-order chi connectivity index (χ0) is 20.3. The van der Waals surface area contributed by atoms with Crippen molar-refractivity contribution in [3.63, 3.8) is 0 Å². The molecule has 0 aliphatic carbocycles. The van der Waals surface area contributed by atoms with E-state index in [4.69, 9.17) is 11.6 Å². The molecule has 3 rings (SSSR count). The minimum absolute atomic E-state index is 0.0515. The molecule has 5 nitrogen and oxygen atoms in total. The number of piperidine rings is 1. The van der Waals surface area contributed by atoms with Crippen molar-refractivity contribution in [2.24, 2.45) is 5.92 Å². The van der Waals surface area contributed by atoms with Crippen molar-refractivity contribution in [2.45, 2.75) is 31.1 Å². The summed E-state index contributed by atoms with van der Waals surface area (Å²) in [6.07, 6.45) is 3.09. The van der Waals surface area contributed by atoms with Crippen LogP contribution >= 0.6 is 11.6 Å². The summed E-state index contributed by atoms with van der Waals surface area (Å²) in [7, 11) is -2.31. The summed E-state index contributed by atoms with van der Waals surface area (Å²) >= 11 is 6.27. The van der Waals surface area contributed by atoms with Crippen LogP contribution in [0.15, 0.2) is 53.4 Å². The number of benzene rings is 2. The number of carbonyl (C=O) groups excluding carboxylic acids is 1. The van der Waals surface area contributed by atoms with Crippen molar-refractivity contribution in [2.75, 3.05) is 24.4 Å². The van der Waals surface area contributed by atoms with Gasteiger partial charge >= 0.3 is 0 Å². The van der Waals surface area contributed by atoms with Gasteiger partial charge in [-0.3, -0.25) is 9.10 Å². The maximum atomic E-state index is 13.1. The first-order valence-electron chi connectivity index (χ1n) is 9.47. The van der Waals surface area contributed by atoms with E-state index in [2.05, 4.69) is 6.92 Å². The van der Waals surface area contributed by atoms with Gasteiger partial charge in [-0.05, 0) is 49.1 Å². The molecule has 1 unspecified atom stereocenters. The largest absolute Gasteiger partial charge is 0.338 e. The molecule has 1 aliphatic heterocycles. The van der Waals surface area contributed by atoms with E-state index in [0.29, 0.717) is 24.7 Å². The number of hydrogen-bond acceptors (Lipinski definition) is 3. The number of amides is 1. The monoisotopic (exact) mass is 420 g/mol. The van der Waals surface area contributed by atoms with E-state index in [0.717, 1.165) is 19.3 Å². The molecule has 0 bridgehead atoms. The van der Waals surface area contributed by atoms with E-state index in [9.17, 15) is 13.2 Å². The van der Waals surface area contributed by atoms with Crippen LogP contribution in [0.3, 0.4) is 0 Å². The average Bonchev–Trinajstić information content (AvgIpc) is 2.73. The maximum absolute atomic E-state index is 13.1. The summed E-state index contributed by atoms with van der Waals surface area (Å²) in [4.78, 5) is 14.9. The molecule has 1 atom stereocenters. The number of halogens is 1. The van der Waals surface area contributed by atoms with Crippen LogP contribution in [0.2, 0.25) is 5.02 Å². The third kappa shape index (κ3) is 4.18. The van der Waals surface area contributed by atoms with E-state index >= 15 is 0 Å². The summed E-state index contributed by atoms with van der Waals surface area (Å²) in [6.45, 7) is 3.48. The minimum atomic E-state index is -3.81. The molecule has 150 valence electrons. The molecule has 0 aromatic heterocycles. The molecule has 0 saturated carbocycles. The van der Waals surface area contributed by atoms with Gasteiger partial charge in [0.2, 0.25) is 0 Å². The lowest BCUT2D eigenvalue weighted by atomic mass is 9.95. The van der Waals surface area contributed by atoms with Gasteiger partial charge in [-0.15, -0.1) is 0 Å². The molecule has 1 aliphatic rings. The highest BCUT2D eigenvalue weighted by atomic mass is 35.5. The molecule has 0 spiro atoms. The number of rotatable bonds is 5. The molecule has 2 aromatic rings. The van der Waals surface area contributed by atoms with Crippen molar-refractivity contribution in [1.82, 2.24) is 4.90 Å². The van der Waals surface area contributed by atoms with Crippen LogP contribution in [0.25, 0.3) is 0 Å². The minimum Gasteiger partial charge on any atom is -0.338 e. The fraction of sp³-hybridized carbons (Fsp3) is 0.381. The molecule has 1 saturated heterocycles. The van der Waals surface area contributed by atoms with Gasteiger partial charge in [0, 0.05) is 20.1 Å². The second-order valence-electron chi connectivity index (χ2n) is 7.12. The normalized spacial score (nSPS) is 17.4. The lowest BCUT2D eigenvalue weighted by molar-refractivity contribution is 0.0671. The third-order valence-corrected chi connectivity index (χ3v) is 7.44. The van der Waals surface area contributed by atoms with Crippen molar-refractivity contribution in [3.05, 3.63) is 59.1 Å². The molecule has 7 heteroatoms. The highest BCUT2D eigenvalue weighted by molar-refractivity contribution is 7.92. The Balaban J connectivity index is 1.92. The number of sulfonamides is 1. The average molecular weight is 421 g/mol. The number of nitrogens with zero attached hydrogens (tertiary/aromatic N) is 2. The van der Waals surface area contributed by atoms with Crippen molar-refractivity contribution >= 4 is 33.2 Å². The number of para-hydroxylation sites is 1. The van der Waals surface area contributed by atoms with Gasteiger partial charge in [-0.25, -0.2) is 8.42 Å². The summed E-state index contributed by atoms with van der Waals surface area (Å²) in [5.41, 5.74) is 0.785. The molecule has 1 heterocycles. The number of carbonyl (C=O) groups is 1. The molecule has 0 radical (unpaired) electrons. The topological polar surface area (TPSA) is 57.7 Å². The van der Waals surface area contributed by atoms with Crippen LogP contribution in [0.1, 0.15) is 36.5 Å². The van der Waals surface area contributed by atoms with E-state index < -0.39 is 10.0 Å². The van der Waals surface area contributed by atoms with Gasteiger partial charge in [-0.2, -0.15) is 0 Å². The Morgan fingerprint density at radius 3 is 2.61 bits per heavy atom. The van der Waals surface area contributed by atoms with Crippen molar-refractivity contribution in [3.8, 4) is 0 Å². The highest BCUT2D eigenvalue weighted by Crippen LogP contribution is 2.28. The lowest BCUT2D eigenvalue weighted by Crippen LogP contribution is -2.40. The first kappa shape index (κ1) is 20.7. The Labute approximate surface area is 172 Å². The fourth-order valence-corrected chi connectivity index (χ4v) is 4.94. The summed E-state index contributed by atoms with van der Waals surface area (Å²) < 4.78 is 27.3. The van der Waals surface area contributed by atoms with Crippen LogP contribution in [-0.4, -0.2) is 39.4 Å². The van der Waals surface area contributed by atoms with E-state index in [1.807, 2.05) is 6.07 Å². The standard InChI is InChI=1S/C21H25ClN2O3S/c1-3-16-8-7-13-24(15-16)21(25)19-14-18(11-12-20(19)22)28(26,27)23(2)17-9-5-4-6-10-17/h4-6,9-12,14,16H,3,7-8,13,15H2,1-2H3. The Kier molecular flexibility index (Phi) is 6.30. The predicted molar refractivity (Wildman–Crippen MR) is 112 cm³/mol. The van der Waals surface area contributed by atoms with Gasteiger partial charge in [0.25, 0.3) is 15.9 Å². The summed E-state index contributed by atoms with van der Waals surface area (Å²) in [6, 6.07) is 13.1. The fourth-order valence-electron chi connectivity index (χ4n) is 3.52. The van der Waals surface area contributed by atoms with Gasteiger partial charge < -0.3 is 4.90 Å².